The molecule has 3 nitrogen and oxygen atoms in total. The third-order valence-corrected chi connectivity index (χ3v) is 4.14. The van der Waals surface area contributed by atoms with Gasteiger partial charge in [0.1, 0.15) is 0 Å². The zero-order valence-corrected chi connectivity index (χ0v) is 11.8. The van der Waals surface area contributed by atoms with Gasteiger partial charge in [0.05, 0.1) is 0 Å². The fraction of sp³-hybridized carbons (Fsp3) is 1.00. The second-order valence-electron chi connectivity index (χ2n) is 6.16. The molecule has 0 aromatic rings. The molecule has 3 heteroatoms. The predicted molar refractivity (Wildman–Crippen MR) is 73.4 cm³/mol. The first-order chi connectivity index (χ1) is 8.16. The second-order valence-corrected chi connectivity index (χ2v) is 6.16. The molecule has 1 aliphatic carbocycles. The first-order valence-electron chi connectivity index (χ1n) is 7.30. The number of likely N-dealkylation sites (tertiary alicyclic amines) is 1. The Hall–Kier alpha value is -0.120. The van der Waals surface area contributed by atoms with E-state index in [0.717, 1.165) is 18.1 Å². The molecule has 1 aliphatic heterocycles. The minimum absolute atomic E-state index is 0.744. The molecule has 0 spiro atoms. The van der Waals surface area contributed by atoms with Crippen molar-refractivity contribution >= 4 is 0 Å². The van der Waals surface area contributed by atoms with Gasteiger partial charge < -0.3 is 10.2 Å². The molecule has 0 radical (unpaired) electrons. The van der Waals surface area contributed by atoms with Crippen molar-refractivity contribution in [2.24, 2.45) is 0 Å². The van der Waals surface area contributed by atoms with Gasteiger partial charge in [-0.3, -0.25) is 4.90 Å². The second kappa shape index (κ2) is 6.17. The summed E-state index contributed by atoms with van der Waals surface area (Å²) in [5.74, 6) is 0. The van der Waals surface area contributed by atoms with Gasteiger partial charge in [-0.15, -0.1) is 0 Å². The standard InChI is InChI=1S/C14H29N3/c1-12(8-9-15-13-6-7-13)17-10-4-5-14(17)11-16(2)3/h12-15H,4-11H2,1-3H3. The molecule has 2 aliphatic rings. The zero-order valence-electron chi connectivity index (χ0n) is 11.8. The van der Waals surface area contributed by atoms with Crippen LogP contribution in [0.5, 0.6) is 0 Å². The molecule has 2 unspecified atom stereocenters. The molecular weight excluding hydrogens is 210 g/mol. The summed E-state index contributed by atoms with van der Waals surface area (Å²) in [5, 5.41) is 3.63. The van der Waals surface area contributed by atoms with Crippen molar-refractivity contribution in [3.8, 4) is 0 Å². The van der Waals surface area contributed by atoms with Gasteiger partial charge in [-0.1, -0.05) is 0 Å². The number of nitrogens with one attached hydrogen (secondary N) is 1. The number of likely N-dealkylation sites (N-methyl/N-ethyl adjacent to an activating group) is 1. The number of rotatable bonds is 7. The fourth-order valence-corrected chi connectivity index (χ4v) is 3.01. The van der Waals surface area contributed by atoms with Crippen LogP contribution in [0.1, 0.15) is 39.0 Å². The van der Waals surface area contributed by atoms with E-state index in [1.54, 1.807) is 0 Å². The van der Waals surface area contributed by atoms with Gasteiger partial charge in [-0.25, -0.2) is 0 Å². The smallest absolute Gasteiger partial charge is 0.0226 e. The first kappa shape index (κ1) is 13.3. The van der Waals surface area contributed by atoms with Crippen molar-refractivity contribution in [2.75, 3.05) is 33.7 Å². The van der Waals surface area contributed by atoms with Crippen molar-refractivity contribution in [2.45, 2.75) is 57.2 Å². The summed E-state index contributed by atoms with van der Waals surface area (Å²) in [7, 11) is 4.38. The van der Waals surface area contributed by atoms with E-state index in [9.17, 15) is 0 Å². The van der Waals surface area contributed by atoms with Gasteiger partial charge in [0.25, 0.3) is 0 Å². The normalized spacial score (nSPS) is 27.9. The molecule has 2 fully saturated rings. The van der Waals surface area contributed by atoms with Crippen LogP contribution in [0, 0.1) is 0 Å². The van der Waals surface area contributed by atoms with E-state index in [4.69, 9.17) is 0 Å². The third-order valence-electron chi connectivity index (χ3n) is 4.14. The summed E-state index contributed by atoms with van der Waals surface area (Å²) in [5.41, 5.74) is 0. The van der Waals surface area contributed by atoms with Crippen LogP contribution in [0.25, 0.3) is 0 Å². The van der Waals surface area contributed by atoms with Gasteiger partial charge in [0.2, 0.25) is 0 Å². The van der Waals surface area contributed by atoms with Crippen LogP contribution >= 0.6 is 0 Å². The van der Waals surface area contributed by atoms with E-state index in [0.29, 0.717) is 0 Å². The van der Waals surface area contributed by atoms with Gasteiger partial charge >= 0.3 is 0 Å². The SMILES string of the molecule is CC(CCNC1CC1)N1CCCC1CN(C)C. The van der Waals surface area contributed by atoms with Crippen LogP contribution in [0.4, 0.5) is 0 Å². The van der Waals surface area contributed by atoms with Crippen LogP contribution in [0.2, 0.25) is 0 Å². The van der Waals surface area contributed by atoms with Crippen LogP contribution < -0.4 is 5.32 Å². The Labute approximate surface area is 107 Å². The van der Waals surface area contributed by atoms with Crippen molar-refractivity contribution in [1.82, 2.24) is 15.1 Å². The Bertz CT molecular complexity index is 226. The lowest BCUT2D eigenvalue weighted by atomic mass is 10.1. The van der Waals surface area contributed by atoms with Crippen LogP contribution in [0.3, 0.4) is 0 Å². The summed E-state index contributed by atoms with van der Waals surface area (Å²) in [4.78, 5) is 5.06. The minimum Gasteiger partial charge on any atom is -0.314 e. The third kappa shape index (κ3) is 4.23. The van der Waals surface area contributed by atoms with Gasteiger partial charge in [-0.05, 0) is 66.2 Å². The fourth-order valence-electron chi connectivity index (χ4n) is 3.01. The monoisotopic (exact) mass is 239 g/mol. The Morgan fingerprint density at radius 2 is 2.06 bits per heavy atom. The lowest BCUT2D eigenvalue weighted by Crippen LogP contribution is -2.43. The van der Waals surface area contributed by atoms with Crippen molar-refractivity contribution in [3.63, 3.8) is 0 Å². The van der Waals surface area contributed by atoms with E-state index in [1.807, 2.05) is 0 Å². The molecule has 2 atom stereocenters. The molecule has 100 valence electrons. The molecule has 1 heterocycles. The maximum Gasteiger partial charge on any atom is 0.0226 e. The van der Waals surface area contributed by atoms with Gasteiger partial charge in [0.15, 0.2) is 0 Å². The van der Waals surface area contributed by atoms with Gasteiger partial charge in [0, 0.05) is 24.7 Å². The molecule has 1 saturated carbocycles. The molecule has 0 bridgehead atoms. The highest BCUT2D eigenvalue weighted by Crippen LogP contribution is 2.22. The van der Waals surface area contributed by atoms with Crippen LogP contribution in [-0.2, 0) is 0 Å². The molecular formula is C14H29N3. The molecule has 0 aromatic heterocycles. The van der Waals surface area contributed by atoms with Crippen molar-refractivity contribution in [1.29, 1.82) is 0 Å². The Balaban J connectivity index is 1.69. The highest BCUT2D eigenvalue weighted by atomic mass is 15.2. The van der Waals surface area contributed by atoms with E-state index < -0.39 is 0 Å². The van der Waals surface area contributed by atoms with E-state index in [-0.39, 0.29) is 0 Å². The highest BCUT2D eigenvalue weighted by Gasteiger charge is 2.28. The summed E-state index contributed by atoms with van der Waals surface area (Å²) >= 11 is 0. The largest absolute Gasteiger partial charge is 0.314 e. The summed E-state index contributed by atoms with van der Waals surface area (Å²) in [6, 6.07) is 2.40. The van der Waals surface area contributed by atoms with E-state index in [1.165, 1.54) is 51.7 Å². The number of hydrogen-bond acceptors (Lipinski definition) is 3. The summed E-state index contributed by atoms with van der Waals surface area (Å²) in [6.07, 6.45) is 6.89. The lowest BCUT2D eigenvalue weighted by molar-refractivity contribution is 0.155. The summed E-state index contributed by atoms with van der Waals surface area (Å²) < 4.78 is 0. The Morgan fingerprint density at radius 1 is 1.29 bits per heavy atom. The average molecular weight is 239 g/mol. The Kier molecular flexibility index (Phi) is 4.83. The zero-order chi connectivity index (χ0) is 12.3. The highest BCUT2D eigenvalue weighted by molar-refractivity contribution is 4.86. The van der Waals surface area contributed by atoms with Crippen molar-refractivity contribution in [3.05, 3.63) is 0 Å². The predicted octanol–water partition coefficient (Wildman–Crippen LogP) is 1.54. The molecule has 0 amide bonds. The number of hydrogen-bond donors (Lipinski definition) is 1. The molecule has 1 N–H and O–H groups in total. The van der Waals surface area contributed by atoms with E-state index in [2.05, 4.69) is 36.1 Å². The lowest BCUT2D eigenvalue weighted by Gasteiger charge is -2.32. The molecule has 17 heavy (non-hydrogen) atoms. The van der Waals surface area contributed by atoms with Crippen LogP contribution in [0.15, 0.2) is 0 Å². The topological polar surface area (TPSA) is 18.5 Å². The van der Waals surface area contributed by atoms with Gasteiger partial charge in [-0.2, -0.15) is 0 Å². The van der Waals surface area contributed by atoms with E-state index >= 15 is 0 Å². The van der Waals surface area contributed by atoms with Crippen LogP contribution in [-0.4, -0.2) is 61.7 Å². The maximum absolute atomic E-state index is 3.63. The summed E-state index contributed by atoms with van der Waals surface area (Å²) in [6.45, 7) is 6.14. The molecule has 2 rings (SSSR count). The quantitative estimate of drug-likeness (QED) is 0.727. The number of nitrogens with zero attached hydrogens (tertiary/aromatic N) is 2. The maximum atomic E-state index is 3.63. The Morgan fingerprint density at radius 3 is 2.71 bits per heavy atom. The minimum atomic E-state index is 0.744. The molecule has 1 saturated heterocycles. The first-order valence-corrected chi connectivity index (χ1v) is 7.30. The van der Waals surface area contributed by atoms with Crippen molar-refractivity contribution < 1.29 is 0 Å². The average Bonchev–Trinajstić information content (AvgIpc) is 2.97. The molecule has 0 aromatic carbocycles.